The van der Waals surface area contributed by atoms with Gasteiger partial charge < -0.3 is 5.32 Å². The maximum absolute atomic E-state index is 11.9. The van der Waals surface area contributed by atoms with E-state index in [1.165, 1.54) is 5.39 Å². The number of nitrogens with zero attached hydrogens (tertiary/aromatic N) is 1. The molecule has 2 N–H and O–H groups in total. The monoisotopic (exact) mass is 351 g/mol. The maximum Gasteiger partial charge on any atom is 0.259 e. The highest BCUT2D eigenvalue weighted by Crippen LogP contribution is 2.22. The second-order valence-corrected chi connectivity index (χ2v) is 6.07. The SMILES string of the molecule is Cc1c(Cl)cccc1NCC(=O)NN=Cc1ccc2ccccc2c1. The molecule has 0 bridgehead atoms. The van der Waals surface area contributed by atoms with E-state index in [0.29, 0.717) is 5.02 Å². The lowest BCUT2D eigenvalue weighted by Gasteiger charge is -2.09. The van der Waals surface area contributed by atoms with E-state index in [2.05, 4.69) is 21.9 Å². The zero-order chi connectivity index (χ0) is 17.6. The Bertz CT molecular complexity index is 937. The fourth-order valence-corrected chi connectivity index (χ4v) is 2.66. The highest BCUT2D eigenvalue weighted by atomic mass is 35.5. The molecule has 25 heavy (non-hydrogen) atoms. The molecule has 0 atom stereocenters. The highest BCUT2D eigenvalue weighted by molar-refractivity contribution is 6.31. The van der Waals surface area contributed by atoms with Crippen molar-refractivity contribution in [3.05, 3.63) is 76.8 Å². The number of hydrazone groups is 1. The average molecular weight is 352 g/mol. The smallest absolute Gasteiger partial charge is 0.259 e. The van der Waals surface area contributed by atoms with E-state index in [1.54, 1.807) is 6.21 Å². The maximum atomic E-state index is 11.9. The van der Waals surface area contributed by atoms with Crippen LogP contribution in [0.1, 0.15) is 11.1 Å². The molecule has 1 amide bonds. The number of nitrogens with one attached hydrogen (secondary N) is 2. The van der Waals surface area contributed by atoms with Gasteiger partial charge in [0.15, 0.2) is 0 Å². The molecule has 3 rings (SSSR count). The van der Waals surface area contributed by atoms with E-state index < -0.39 is 0 Å². The second-order valence-electron chi connectivity index (χ2n) is 5.67. The first kappa shape index (κ1) is 17.0. The highest BCUT2D eigenvalue weighted by Gasteiger charge is 2.04. The first-order valence-corrected chi connectivity index (χ1v) is 8.31. The number of halogens is 1. The Morgan fingerprint density at radius 3 is 2.72 bits per heavy atom. The summed E-state index contributed by atoms with van der Waals surface area (Å²) in [5.41, 5.74) is 5.19. The largest absolute Gasteiger partial charge is 0.376 e. The third-order valence-corrected chi connectivity index (χ3v) is 4.29. The Balaban J connectivity index is 1.56. The van der Waals surface area contributed by atoms with Crippen molar-refractivity contribution >= 4 is 40.2 Å². The normalized spacial score (nSPS) is 11.0. The van der Waals surface area contributed by atoms with Crippen LogP contribution in [0.25, 0.3) is 10.8 Å². The van der Waals surface area contributed by atoms with Gasteiger partial charge >= 0.3 is 0 Å². The van der Waals surface area contributed by atoms with Crippen molar-refractivity contribution in [3.8, 4) is 0 Å². The molecule has 0 aromatic heterocycles. The Hall–Kier alpha value is -2.85. The molecular weight excluding hydrogens is 334 g/mol. The van der Waals surface area contributed by atoms with Crippen LogP contribution in [0.5, 0.6) is 0 Å². The van der Waals surface area contributed by atoms with Gasteiger partial charge in [0.2, 0.25) is 0 Å². The minimum Gasteiger partial charge on any atom is -0.376 e. The quantitative estimate of drug-likeness (QED) is 0.530. The average Bonchev–Trinajstić information content (AvgIpc) is 2.63. The molecule has 0 fully saturated rings. The molecule has 0 saturated carbocycles. The first-order chi connectivity index (χ1) is 12.1. The molecule has 4 nitrogen and oxygen atoms in total. The van der Waals surface area contributed by atoms with E-state index >= 15 is 0 Å². The number of amides is 1. The number of carbonyl (C=O) groups is 1. The zero-order valence-electron chi connectivity index (χ0n) is 13.8. The third kappa shape index (κ3) is 4.37. The van der Waals surface area contributed by atoms with Gasteiger partial charge in [0, 0.05) is 10.7 Å². The minimum atomic E-state index is -0.226. The van der Waals surface area contributed by atoms with Crippen LogP contribution in [-0.4, -0.2) is 18.7 Å². The standard InChI is InChI=1S/C20H18ClN3O/c1-14-18(21)7-4-8-19(14)22-13-20(25)24-23-12-15-9-10-16-5-2-3-6-17(16)11-15/h2-12,22H,13H2,1H3,(H,24,25). The molecule has 5 heteroatoms. The molecule has 0 unspecified atom stereocenters. The molecule has 0 heterocycles. The van der Waals surface area contributed by atoms with Gasteiger partial charge in [-0.2, -0.15) is 5.10 Å². The first-order valence-electron chi connectivity index (χ1n) is 7.93. The Kier molecular flexibility index (Phi) is 5.31. The van der Waals surface area contributed by atoms with Crippen molar-refractivity contribution in [1.29, 1.82) is 0 Å². The number of hydrogen-bond donors (Lipinski definition) is 2. The summed E-state index contributed by atoms with van der Waals surface area (Å²) in [4.78, 5) is 11.9. The number of hydrogen-bond acceptors (Lipinski definition) is 3. The fourth-order valence-electron chi connectivity index (χ4n) is 2.48. The number of rotatable bonds is 5. The lowest BCUT2D eigenvalue weighted by atomic mass is 10.1. The van der Waals surface area contributed by atoms with Gasteiger partial charge in [-0.3, -0.25) is 4.79 Å². The van der Waals surface area contributed by atoms with Crippen molar-refractivity contribution in [3.63, 3.8) is 0 Å². The lowest BCUT2D eigenvalue weighted by Crippen LogP contribution is -2.26. The number of fused-ring (bicyclic) bond motifs is 1. The van der Waals surface area contributed by atoms with E-state index in [1.807, 2.05) is 61.5 Å². The Morgan fingerprint density at radius 1 is 1.08 bits per heavy atom. The number of benzene rings is 3. The van der Waals surface area contributed by atoms with Gasteiger partial charge in [-0.15, -0.1) is 0 Å². The summed E-state index contributed by atoms with van der Waals surface area (Å²) in [6, 6.07) is 19.7. The second kappa shape index (κ2) is 7.81. The lowest BCUT2D eigenvalue weighted by molar-refractivity contribution is -0.119. The van der Waals surface area contributed by atoms with Crippen LogP contribution in [0.3, 0.4) is 0 Å². The van der Waals surface area contributed by atoms with Gasteiger partial charge in [-0.1, -0.05) is 54.1 Å². The molecule has 3 aromatic rings. The van der Waals surface area contributed by atoms with Crippen molar-refractivity contribution in [2.75, 3.05) is 11.9 Å². The topological polar surface area (TPSA) is 53.5 Å². The van der Waals surface area contributed by atoms with Crippen molar-refractivity contribution in [2.24, 2.45) is 5.10 Å². The molecule has 0 saturated heterocycles. The van der Waals surface area contributed by atoms with E-state index in [9.17, 15) is 4.79 Å². The third-order valence-electron chi connectivity index (χ3n) is 3.88. The van der Waals surface area contributed by atoms with E-state index in [0.717, 1.165) is 22.2 Å². The van der Waals surface area contributed by atoms with Crippen LogP contribution in [0.4, 0.5) is 5.69 Å². The van der Waals surface area contributed by atoms with E-state index in [-0.39, 0.29) is 12.5 Å². The summed E-state index contributed by atoms with van der Waals surface area (Å²) in [6.45, 7) is 2.02. The van der Waals surface area contributed by atoms with Gasteiger partial charge in [0.1, 0.15) is 0 Å². The number of carbonyl (C=O) groups excluding carboxylic acids is 1. The molecule has 0 aliphatic heterocycles. The summed E-state index contributed by atoms with van der Waals surface area (Å²) in [6.07, 6.45) is 1.63. The fraction of sp³-hybridized carbons (Fsp3) is 0.100. The predicted molar refractivity (Wildman–Crippen MR) is 104 cm³/mol. The van der Waals surface area contributed by atoms with Crippen LogP contribution in [0, 0.1) is 6.92 Å². The summed E-state index contributed by atoms with van der Waals surface area (Å²) in [5.74, 6) is -0.226. The van der Waals surface area contributed by atoms with Crippen molar-refractivity contribution in [1.82, 2.24) is 5.43 Å². The van der Waals surface area contributed by atoms with Gasteiger partial charge in [0.25, 0.3) is 5.91 Å². The summed E-state index contributed by atoms with van der Waals surface area (Å²) in [5, 5.41) is 10.0. The molecular formula is C20H18ClN3O. The zero-order valence-corrected chi connectivity index (χ0v) is 14.5. The van der Waals surface area contributed by atoms with Gasteiger partial charge in [0.05, 0.1) is 12.8 Å². The molecule has 0 radical (unpaired) electrons. The Morgan fingerprint density at radius 2 is 1.88 bits per heavy atom. The van der Waals surface area contributed by atoms with Crippen LogP contribution in [0.15, 0.2) is 65.8 Å². The van der Waals surface area contributed by atoms with Crippen molar-refractivity contribution < 1.29 is 4.79 Å². The molecule has 3 aromatic carbocycles. The Labute approximate surface area is 151 Å². The molecule has 0 aliphatic carbocycles. The molecule has 0 aliphatic rings. The van der Waals surface area contributed by atoms with Crippen LogP contribution >= 0.6 is 11.6 Å². The van der Waals surface area contributed by atoms with Crippen molar-refractivity contribution in [2.45, 2.75) is 6.92 Å². The number of anilines is 1. The van der Waals surface area contributed by atoms with Crippen LogP contribution in [0.2, 0.25) is 5.02 Å². The van der Waals surface area contributed by atoms with Gasteiger partial charge in [-0.25, -0.2) is 5.43 Å². The summed E-state index contributed by atoms with van der Waals surface area (Å²) < 4.78 is 0. The molecule has 126 valence electrons. The molecule has 0 spiro atoms. The predicted octanol–water partition coefficient (Wildman–Crippen LogP) is 4.36. The van der Waals surface area contributed by atoms with E-state index in [4.69, 9.17) is 11.6 Å². The van der Waals surface area contributed by atoms with Crippen LogP contribution < -0.4 is 10.7 Å². The van der Waals surface area contributed by atoms with Gasteiger partial charge in [-0.05, 0) is 47.0 Å². The minimum absolute atomic E-state index is 0.121. The summed E-state index contributed by atoms with van der Waals surface area (Å²) >= 11 is 6.06. The summed E-state index contributed by atoms with van der Waals surface area (Å²) in [7, 11) is 0. The van der Waals surface area contributed by atoms with Crippen LogP contribution in [-0.2, 0) is 4.79 Å².